The van der Waals surface area contributed by atoms with E-state index in [2.05, 4.69) is 96.0 Å². The summed E-state index contributed by atoms with van der Waals surface area (Å²) in [5.74, 6) is 0. The maximum Gasteiger partial charge on any atom is 0.0708 e. The minimum atomic E-state index is 1.03. The maximum absolute atomic E-state index is 4.58. The number of nitrogens with zero attached hydrogens (tertiary/aromatic N) is 1. The van der Waals surface area contributed by atoms with Crippen LogP contribution in [-0.2, 0) is 12.8 Å². The molecule has 29 heavy (non-hydrogen) atoms. The molecule has 0 atom stereocenters. The van der Waals surface area contributed by atoms with Gasteiger partial charge in [0, 0.05) is 11.8 Å². The fourth-order valence-electron chi connectivity index (χ4n) is 3.72. The molecular formula is C28H27N. The molecule has 1 nitrogen and oxygen atoms in total. The fraction of sp³-hybridized carbons (Fsp3) is 0.179. The normalized spacial score (nSPS) is 10.8. The van der Waals surface area contributed by atoms with Crippen LogP contribution in [0.25, 0.3) is 22.4 Å². The topological polar surface area (TPSA) is 12.9 Å². The predicted molar refractivity (Wildman–Crippen MR) is 123 cm³/mol. The lowest BCUT2D eigenvalue weighted by Crippen LogP contribution is -1.90. The lowest BCUT2D eigenvalue weighted by molar-refractivity contribution is 0.678. The molecule has 4 rings (SSSR count). The van der Waals surface area contributed by atoms with Crippen molar-refractivity contribution in [2.45, 2.75) is 32.1 Å². The van der Waals surface area contributed by atoms with Crippen molar-refractivity contribution in [2.24, 2.45) is 0 Å². The summed E-state index contributed by atoms with van der Waals surface area (Å²) in [6.45, 7) is 0. The van der Waals surface area contributed by atoms with Gasteiger partial charge in [0.25, 0.3) is 0 Å². The Morgan fingerprint density at radius 1 is 0.483 bits per heavy atom. The van der Waals surface area contributed by atoms with Crippen molar-refractivity contribution in [3.8, 4) is 22.4 Å². The predicted octanol–water partition coefficient (Wildman–Crippen LogP) is 7.37. The van der Waals surface area contributed by atoms with Crippen molar-refractivity contribution < 1.29 is 0 Å². The first-order chi connectivity index (χ1) is 14.4. The van der Waals surface area contributed by atoms with Crippen LogP contribution in [0.3, 0.4) is 0 Å². The summed E-state index contributed by atoms with van der Waals surface area (Å²) in [4.78, 5) is 4.58. The molecule has 3 aromatic carbocycles. The van der Waals surface area contributed by atoms with Crippen LogP contribution in [0.15, 0.2) is 103 Å². The van der Waals surface area contributed by atoms with E-state index in [-0.39, 0.29) is 0 Å². The highest BCUT2D eigenvalue weighted by molar-refractivity contribution is 5.70. The first-order valence-electron chi connectivity index (χ1n) is 10.5. The summed E-state index contributed by atoms with van der Waals surface area (Å²) in [6, 6.07) is 34.4. The van der Waals surface area contributed by atoms with Gasteiger partial charge in [-0.3, -0.25) is 4.98 Å². The van der Waals surface area contributed by atoms with E-state index in [1.54, 1.807) is 0 Å². The standard InChI is InChI=1S/C28H27N/c1-4-10-23(11-5-1)12-6-2-7-13-24-16-18-26(19-17-24)28-22-27(20-21-29-28)25-14-8-3-9-15-25/h1,3-5,8-11,14-22H,2,6-7,12-13H2. The summed E-state index contributed by atoms with van der Waals surface area (Å²) in [5, 5.41) is 0. The van der Waals surface area contributed by atoms with Crippen LogP contribution in [-0.4, -0.2) is 4.98 Å². The molecule has 1 aromatic heterocycles. The van der Waals surface area contributed by atoms with Gasteiger partial charge in [-0.1, -0.05) is 91.3 Å². The monoisotopic (exact) mass is 377 g/mol. The van der Waals surface area contributed by atoms with E-state index in [1.807, 2.05) is 12.3 Å². The highest BCUT2D eigenvalue weighted by Crippen LogP contribution is 2.25. The molecule has 0 N–H and O–H groups in total. The second-order valence-corrected chi connectivity index (χ2v) is 7.54. The molecule has 0 amide bonds. The van der Waals surface area contributed by atoms with E-state index in [0.717, 1.165) is 12.1 Å². The Balaban J connectivity index is 1.31. The van der Waals surface area contributed by atoms with Gasteiger partial charge in [-0.2, -0.15) is 0 Å². The van der Waals surface area contributed by atoms with Gasteiger partial charge < -0.3 is 0 Å². The zero-order chi connectivity index (χ0) is 19.7. The average molecular weight is 378 g/mol. The van der Waals surface area contributed by atoms with E-state index in [9.17, 15) is 0 Å². The number of aryl methyl sites for hydroxylation is 2. The second-order valence-electron chi connectivity index (χ2n) is 7.54. The molecule has 1 heteroatoms. The van der Waals surface area contributed by atoms with E-state index in [4.69, 9.17) is 0 Å². The Morgan fingerprint density at radius 3 is 1.79 bits per heavy atom. The van der Waals surface area contributed by atoms with Crippen molar-refractivity contribution >= 4 is 0 Å². The smallest absolute Gasteiger partial charge is 0.0708 e. The average Bonchev–Trinajstić information content (AvgIpc) is 2.81. The van der Waals surface area contributed by atoms with Gasteiger partial charge in [0.05, 0.1) is 5.69 Å². The number of hydrogen-bond donors (Lipinski definition) is 0. The zero-order valence-electron chi connectivity index (χ0n) is 16.8. The van der Waals surface area contributed by atoms with E-state index in [0.29, 0.717) is 0 Å². The molecule has 0 bridgehead atoms. The van der Waals surface area contributed by atoms with Crippen molar-refractivity contribution in [2.75, 3.05) is 0 Å². The Morgan fingerprint density at radius 2 is 1.10 bits per heavy atom. The number of aromatic nitrogens is 1. The van der Waals surface area contributed by atoms with E-state index >= 15 is 0 Å². The molecule has 0 saturated carbocycles. The van der Waals surface area contributed by atoms with Crippen LogP contribution in [0.4, 0.5) is 0 Å². The van der Waals surface area contributed by atoms with Gasteiger partial charge in [0.1, 0.15) is 0 Å². The molecule has 0 aliphatic rings. The molecule has 0 aliphatic carbocycles. The molecular weight excluding hydrogens is 350 g/mol. The van der Waals surface area contributed by atoms with Crippen molar-refractivity contribution in [1.29, 1.82) is 0 Å². The Kier molecular flexibility index (Phi) is 6.49. The third kappa shape index (κ3) is 5.42. The van der Waals surface area contributed by atoms with Gasteiger partial charge in [-0.05, 0) is 60.1 Å². The highest BCUT2D eigenvalue weighted by atomic mass is 14.7. The lowest BCUT2D eigenvalue weighted by atomic mass is 10.0. The largest absolute Gasteiger partial charge is 0.256 e. The number of hydrogen-bond acceptors (Lipinski definition) is 1. The molecule has 0 aliphatic heterocycles. The van der Waals surface area contributed by atoms with E-state index < -0.39 is 0 Å². The van der Waals surface area contributed by atoms with Gasteiger partial charge in [0.15, 0.2) is 0 Å². The van der Waals surface area contributed by atoms with Gasteiger partial charge in [-0.25, -0.2) is 0 Å². The zero-order valence-corrected chi connectivity index (χ0v) is 16.8. The molecule has 0 fully saturated rings. The molecule has 144 valence electrons. The van der Waals surface area contributed by atoms with Crippen LogP contribution >= 0.6 is 0 Å². The number of rotatable bonds is 8. The quantitative estimate of drug-likeness (QED) is 0.292. The summed E-state index contributed by atoms with van der Waals surface area (Å²) in [7, 11) is 0. The number of benzene rings is 3. The van der Waals surface area contributed by atoms with Crippen molar-refractivity contribution in [1.82, 2.24) is 4.98 Å². The molecule has 0 spiro atoms. The first kappa shape index (κ1) is 19.1. The van der Waals surface area contributed by atoms with Crippen molar-refractivity contribution in [3.05, 3.63) is 114 Å². The van der Waals surface area contributed by atoms with Crippen LogP contribution in [0.2, 0.25) is 0 Å². The third-order valence-corrected chi connectivity index (χ3v) is 5.39. The summed E-state index contributed by atoms with van der Waals surface area (Å²) in [5.41, 5.74) is 7.49. The molecule has 0 unspecified atom stereocenters. The number of unbranched alkanes of at least 4 members (excludes halogenated alkanes) is 2. The summed E-state index contributed by atoms with van der Waals surface area (Å²) in [6.07, 6.45) is 8.01. The second kappa shape index (κ2) is 9.84. The van der Waals surface area contributed by atoms with E-state index in [1.165, 1.54) is 53.5 Å². The van der Waals surface area contributed by atoms with Gasteiger partial charge >= 0.3 is 0 Å². The summed E-state index contributed by atoms with van der Waals surface area (Å²) < 4.78 is 0. The van der Waals surface area contributed by atoms with Crippen LogP contribution in [0.5, 0.6) is 0 Å². The maximum atomic E-state index is 4.58. The van der Waals surface area contributed by atoms with Crippen LogP contribution in [0, 0.1) is 0 Å². The summed E-state index contributed by atoms with van der Waals surface area (Å²) >= 11 is 0. The minimum Gasteiger partial charge on any atom is -0.256 e. The van der Waals surface area contributed by atoms with Crippen LogP contribution in [0.1, 0.15) is 30.4 Å². The molecule has 0 saturated heterocycles. The van der Waals surface area contributed by atoms with Gasteiger partial charge in [-0.15, -0.1) is 0 Å². The van der Waals surface area contributed by atoms with Gasteiger partial charge in [0.2, 0.25) is 0 Å². The minimum absolute atomic E-state index is 1.03. The molecule has 4 aromatic rings. The highest BCUT2D eigenvalue weighted by Gasteiger charge is 2.03. The number of pyridine rings is 1. The molecule has 0 radical (unpaired) electrons. The Labute approximate surface area is 174 Å². The first-order valence-corrected chi connectivity index (χ1v) is 10.5. The molecule has 1 heterocycles. The Hall–Kier alpha value is -3.19. The Bertz CT molecular complexity index is 1000. The lowest BCUT2D eigenvalue weighted by Gasteiger charge is -2.07. The fourth-order valence-corrected chi connectivity index (χ4v) is 3.72. The van der Waals surface area contributed by atoms with Crippen LogP contribution < -0.4 is 0 Å². The van der Waals surface area contributed by atoms with Crippen molar-refractivity contribution in [3.63, 3.8) is 0 Å². The third-order valence-electron chi connectivity index (χ3n) is 5.39. The SMILES string of the molecule is c1ccc(CCCCCc2ccc(-c3cc(-c4ccccc4)ccn3)cc2)cc1.